The van der Waals surface area contributed by atoms with E-state index in [-0.39, 0.29) is 18.1 Å². The molecule has 1 N–H and O–H groups in total. The summed E-state index contributed by atoms with van der Waals surface area (Å²) in [6, 6.07) is 11.6. The molecule has 0 radical (unpaired) electrons. The summed E-state index contributed by atoms with van der Waals surface area (Å²) in [5, 5.41) is 17.8. The van der Waals surface area contributed by atoms with Crippen molar-refractivity contribution in [1.82, 2.24) is 9.88 Å². The van der Waals surface area contributed by atoms with Crippen LogP contribution in [-0.4, -0.2) is 34.2 Å². The van der Waals surface area contributed by atoms with Crippen LogP contribution in [0.5, 0.6) is 5.88 Å². The van der Waals surface area contributed by atoms with Crippen LogP contribution in [0.3, 0.4) is 0 Å². The van der Waals surface area contributed by atoms with Crippen molar-refractivity contribution < 1.29 is 19.0 Å². The van der Waals surface area contributed by atoms with Crippen molar-refractivity contribution >= 4 is 6.09 Å². The first-order valence-electron chi connectivity index (χ1n) is 8.33. The molecule has 2 aliphatic rings. The lowest BCUT2D eigenvalue weighted by Crippen LogP contribution is -2.29. The number of rotatable bonds is 4. The summed E-state index contributed by atoms with van der Waals surface area (Å²) in [6.45, 7) is 1.13. The molecule has 0 spiro atoms. The highest BCUT2D eigenvalue weighted by molar-refractivity contribution is 5.66. The molecule has 1 aliphatic heterocycles. The monoisotopic (exact) mass is 353 g/mol. The number of nitrogens with zero attached hydrogens (tertiary/aromatic N) is 3. The van der Waals surface area contributed by atoms with E-state index in [1.807, 2.05) is 18.2 Å². The number of benzene rings is 1. The van der Waals surface area contributed by atoms with Gasteiger partial charge in [0.1, 0.15) is 12.4 Å². The summed E-state index contributed by atoms with van der Waals surface area (Å²) in [7, 11) is 0. The predicted octanol–water partition coefficient (Wildman–Crippen LogP) is 2.99. The van der Waals surface area contributed by atoms with Gasteiger partial charge in [-0.15, -0.1) is 0 Å². The van der Waals surface area contributed by atoms with Crippen LogP contribution >= 0.6 is 0 Å². The summed E-state index contributed by atoms with van der Waals surface area (Å²) >= 11 is 0. The smallest absolute Gasteiger partial charge is 0.407 e. The van der Waals surface area contributed by atoms with Crippen LogP contribution in [0.2, 0.25) is 0 Å². The third-order valence-corrected chi connectivity index (χ3v) is 5.11. The lowest BCUT2D eigenvalue weighted by atomic mass is 10.1. The average Bonchev–Trinajstić information content (AvgIpc) is 3.14. The SMILES string of the molecule is N#Cc1ccc(COc2cccc(C3[C@H]4CN(C(=O)O)C[C@@H]34)n2)c(F)c1. The van der Waals surface area contributed by atoms with Crippen LogP contribution in [0.4, 0.5) is 9.18 Å². The standard InChI is InChI=1S/C19H16FN3O3/c20-15-6-11(7-21)4-5-12(15)10-26-17-3-1-2-16(22-17)18-13-8-23(19(24)25)9-14(13)18/h1-6,13-14,18H,8-10H2,(H,24,25)/t13-,14+,18?. The highest BCUT2D eigenvalue weighted by Gasteiger charge is 2.58. The van der Waals surface area contributed by atoms with Gasteiger partial charge in [0, 0.05) is 36.3 Å². The number of pyridine rings is 1. The van der Waals surface area contributed by atoms with Gasteiger partial charge in [-0.05, 0) is 30.0 Å². The zero-order valence-electron chi connectivity index (χ0n) is 13.8. The number of hydrogen-bond donors (Lipinski definition) is 1. The van der Waals surface area contributed by atoms with Gasteiger partial charge >= 0.3 is 6.09 Å². The number of halogens is 1. The number of hydrogen-bond acceptors (Lipinski definition) is 4. The molecule has 1 saturated carbocycles. The molecule has 6 nitrogen and oxygen atoms in total. The maximum absolute atomic E-state index is 13.9. The molecule has 4 rings (SSSR count). The highest BCUT2D eigenvalue weighted by Crippen LogP contribution is 2.57. The Labute approximate surface area is 149 Å². The molecule has 2 heterocycles. The Balaban J connectivity index is 1.40. The largest absolute Gasteiger partial charge is 0.473 e. The number of amides is 1. The normalized spacial score (nSPS) is 23.2. The Hall–Kier alpha value is -3.14. The highest BCUT2D eigenvalue weighted by atomic mass is 19.1. The molecule has 2 aromatic rings. The van der Waals surface area contributed by atoms with Crippen molar-refractivity contribution in [3.63, 3.8) is 0 Å². The Morgan fingerprint density at radius 1 is 1.35 bits per heavy atom. The van der Waals surface area contributed by atoms with E-state index >= 15 is 0 Å². The van der Waals surface area contributed by atoms with Crippen molar-refractivity contribution in [2.75, 3.05) is 13.1 Å². The van der Waals surface area contributed by atoms with Crippen molar-refractivity contribution in [2.45, 2.75) is 12.5 Å². The Kier molecular flexibility index (Phi) is 3.96. The minimum Gasteiger partial charge on any atom is -0.473 e. The zero-order valence-corrected chi connectivity index (χ0v) is 13.8. The number of carbonyl (C=O) groups is 1. The Morgan fingerprint density at radius 3 is 2.77 bits per heavy atom. The molecule has 3 atom stereocenters. The van der Waals surface area contributed by atoms with Crippen LogP contribution < -0.4 is 4.74 Å². The minimum atomic E-state index is -0.870. The number of aromatic nitrogens is 1. The van der Waals surface area contributed by atoms with Gasteiger partial charge in [0.15, 0.2) is 0 Å². The van der Waals surface area contributed by atoms with Crippen LogP contribution in [-0.2, 0) is 6.61 Å². The second-order valence-electron chi connectivity index (χ2n) is 6.65. The number of nitriles is 1. The molecular formula is C19H16FN3O3. The Morgan fingerprint density at radius 2 is 2.12 bits per heavy atom. The fourth-order valence-electron chi connectivity index (χ4n) is 3.70. The van der Waals surface area contributed by atoms with E-state index in [4.69, 9.17) is 15.1 Å². The summed E-state index contributed by atoms with van der Waals surface area (Å²) in [5.41, 5.74) is 1.52. The van der Waals surface area contributed by atoms with Gasteiger partial charge in [0.2, 0.25) is 5.88 Å². The van der Waals surface area contributed by atoms with E-state index < -0.39 is 11.9 Å². The van der Waals surface area contributed by atoms with Gasteiger partial charge < -0.3 is 14.7 Å². The van der Waals surface area contributed by atoms with Crippen LogP contribution in [0.25, 0.3) is 0 Å². The number of likely N-dealkylation sites (tertiary alicyclic amines) is 1. The van der Waals surface area contributed by atoms with E-state index in [2.05, 4.69) is 4.98 Å². The summed E-state index contributed by atoms with van der Waals surface area (Å²) in [4.78, 5) is 16.9. The lowest BCUT2D eigenvalue weighted by molar-refractivity contribution is 0.150. The molecule has 1 aromatic heterocycles. The van der Waals surface area contributed by atoms with Crippen molar-refractivity contribution in [2.24, 2.45) is 11.8 Å². The van der Waals surface area contributed by atoms with Gasteiger partial charge in [-0.2, -0.15) is 5.26 Å². The Bertz CT molecular complexity index is 899. The molecular weight excluding hydrogens is 337 g/mol. The van der Waals surface area contributed by atoms with Crippen LogP contribution in [0.15, 0.2) is 36.4 Å². The third kappa shape index (κ3) is 2.94. The topological polar surface area (TPSA) is 86.5 Å². The fourth-order valence-corrected chi connectivity index (χ4v) is 3.70. The number of piperidine rings is 1. The minimum absolute atomic E-state index is 0.0261. The van der Waals surface area contributed by atoms with Crippen molar-refractivity contribution in [3.05, 3.63) is 59.0 Å². The van der Waals surface area contributed by atoms with E-state index in [1.54, 1.807) is 12.1 Å². The maximum atomic E-state index is 13.9. The molecule has 1 aliphatic carbocycles. The zero-order chi connectivity index (χ0) is 18.3. The number of fused-ring (bicyclic) bond motifs is 1. The van der Waals surface area contributed by atoms with E-state index in [0.29, 0.717) is 36.4 Å². The third-order valence-electron chi connectivity index (χ3n) is 5.11. The first kappa shape index (κ1) is 16.3. The van der Waals surface area contributed by atoms with Gasteiger partial charge in [-0.3, -0.25) is 0 Å². The number of ether oxygens (including phenoxy) is 1. The molecule has 1 aromatic carbocycles. The first-order valence-corrected chi connectivity index (χ1v) is 8.33. The van der Waals surface area contributed by atoms with Crippen molar-refractivity contribution in [1.29, 1.82) is 5.26 Å². The molecule has 0 bridgehead atoms. The molecule has 1 saturated heterocycles. The van der Waals surface area contributed by atoms with Crippen LogP contribution in [0.1, 0.15) is 22.7 Å². The average molecular weight is 353 g/mol. The van der Waals surface area contributed by atoms with Gasteiger partial charge in [0.25, 0.3) is 0 Å². The summed E-state index contributed by atoms with van der Waals surface area (Å²) < 4.78 is 19.5. The summed E-state index contributed by atoms with van der Waals surface area (Å²) in [6.07, 6.45) is -0.870. The van der Waals surface area contributed by atoms with E-state index in [1.165, 1.54) is 17.0 Å². The van der Waals surface area contributed by atoms with E-state index in [9.17, 15) is 9.18 Å². The molecule has 2 fully saturated rings. The fraction of sp³-hybridized carbons (Fsp3) is 0.316. The predicted molar refractivity (Wildman–Crippen MR) is 89.0 cm³/mol. The van der Waals surface area contributed by atoms with Gasteiger partial charge in [-0.25, -0.2) is 14.2 Å². The second kappa shape index (κ2) is 6.30. The molecule has 7 heteroatoms. The summed E-state index contributed by atoms with van der Waals surface area (Å²) in [5.74, 6) is 0.840. The van der Waals surface area contributed by atoms with Crippen molar-refractivity contribution in [3.8, 4) is 11.9 Å². The second-order valence-corrected chi connectivity index (χ2v) is 6.65. The van der Waals surface area contributed by atoms with E-state index in [0.717, 1.165) is 5.69 Å². The van der Waals surface area contributed by atoms with Gasteiger partial charge in [0.05, 0.1) is 11.6 Å². The van der Waals surface area contributed by atoms with Gasteiger partial charge in [-0.1, -0.05) is 12.1 Å². The lowest BCUT2D eigenvalue weighted by Gasteiger charge is -2.15. The quantitative estimate of drug-likeness (QED) is 0.913. The molecule has 1 amide bonds. The molecule has 132 valence electrons. The molecule has 26 heavy (non-hydrogen) atoms. The van der Waals surface area contributed by atoms with Crippen LogP contribution in [0, 0.1) is 29.0 Å². The number of carboxylic acid groups (broad SMARTS) is 1. The molecule has 1 unspecified atom stereocenters. The first-order chi connectivity index (χ1) is 12.6. The maximum Gasteiger partial charge on any atom is 0.407 e.